The van der Waals surface area contributed by atoms with Crippen LogP contribution in [0.25, 0.3) is 0 Å². The first-order valence-corrected chi connectivity index (χ1v) is 0. The number of hydrogen-bond acceptors (Lipinski definition) is 0. The Kier molecular flexibility index (Phi) is 3080. The monoisotopic (exact) mass is 266 g/mol. The summed E-state index contributed by atoms with van der Waals surface area (Å²) in [6, 6.07) is 0. The van der Waals surface area contributed by atoms with E-state index in [9.17, 15) is 0 Å². The third kappa shape index (κ3) is 90.9. The Labute approximate surface area is 97.0 Å². The zero-order valence-corrected chi connectivity index (χ0v) is 5.75. The molecule has 6 radical (unpaired) electrons. The zero-order valence-electron chi connectivity index (χ0n) is 2.27. The van der Waals surface area contributed by atoms with E-state index in [1.165, 1.54) is 0 Å². The number of rotatable bonds is 0. The molecule has 0 aromatic carbocycles. The average Bonchev–Trinajstić information content (AvgIpc) is 0. The summed E-state index contributed by atoms with van der Waals surface area (Å²) >= 11 is 0. The van der Waals surface area contributed by atoms with Gasteiger partial charge in [0, 0.05) is 68.3 Å². The molecule has 0 saturated carbocycles. The van der Waals surface area contributed by atoms with E-state index in [-0.39, 0.29) is 97.7 Å². The van der Waals surface area contributed by atoms with Crippen molar-refractivity contribution in [3.63, 3.8) is 0 Å². The molecule has 0 aliphatic carbocycles. The van der Waals surface area contributed by atoms with Crippen molar-refractivity contribution in [3.8, 4) is 0 Å². The second kappa shape index (κ2) is 133. The quantitative estimate of drug-likeness (QED) is 0.409. The van der Waals surface area contributed by atoms with Crippen molar-refractivity contribution in [1.29, 1.82) is 0 Å². The van der Waals surface area contributed by atoms with Gasteiger partial charge in [0.25, 0.3) is 0 Å². The molecule has 0 saturated heterocycles. The molecule has 7 heteroatoms. The fourth-order valence-corrected chi connectivity index (χ4v) is 0. The maximum atomic E-state index is 0. The minimum Gasteiger partial charge on any atom is -0.0776 e. The van der Waals surface area contributed by atoms with E-state index in [4.69, 9.17) is 0 Å². The topological polar surface area (TPSA) is 0 Å². The molecule has 52 valence electrons. The van der Waals surface area contributed by atoms with Gasteiger partial charge in [-0.1, -0.05) is 7.43 Å². The molecule has 0 fully saturated rings. The van der Waals surface area contributed by atoms with Crippen molar-refractivity contribution >= 4 is 38.8 Å². The summed E-state index contributed by atoms with van der Waals surface area (Å²) in [6.45, 7) is 0. The Morgan fingerprint density at radius 2 is 0.625 bits per heavy atom. The van der Waals surface area contributed by atoms with Gasteiger partial charge in [0.05, 0.1) is 0 Å². The first-order chi connectivity index (χ1) is 0. The Balaban J connectivity index is 0. The van der Waals surface area contributed by atoms with Crippen LogP contribution in [0.3, 0.4) is 0 Å². The van der Waals surface area contributed by atoms with Gasteiger partial charge >= 0.3 is 0 Å². The fraction of sp³-hybridized carbons (Fsp3) is 1.00. The Bertz CT molecular complexity index is 18.0. The van der Waals surface area contributed by atoms with Crippen LogP contribution in [-0.4, -0.2) is 38.8 Å². The predicted molar refractivity (Wildman–Crippen MR) is 40.9 cm³/mol. The van der Waals surface area contributed by atoms with Gasteiger partial charge in [0.1, 0.15) is 0 Å². The van der Waals surface area contributed by atoms with Crippen LogP contribution in [0.15, 0.2) is 0 Å². The SMILES string of the molecule is C.[B].[B].[Cr].[Fe].[Fe].[SiH4].[SiH4]. The van der Waals surface area contributed by atoms with Crippen molar-refractivity contribution in [3.05, 3.63) is 0 Å². The molecule has 0 aliphatic heterocycles. The molecule has 0 spiro atoms. The molecule has 0 unspecified atom stereocenters. The van der Waals surface area contributed by atoms with Gasteiger partial charge in [-0.15, -0.1) is 0 Å². The van der Waals surface area contributed by atoms with Crippen LogP contribution in [0.4, 0.5) is 0 Å². The van der Waals surface area contributed by atoms with Crippen LogP contribution in [0.2, 0.25) is 0 Å². The molecule has 0 nitrogen and oxygen atoms in total. The zero-order chi connectivity index (χ0) is 0. The number of hydrogen-bond donors (Lipinski definition) is 0. The van der Waals surface area contributed by atoms with Crippen molar-refractivity contribution in [2.75, 3.05) is 0 Å². The van der Waals surface area contributed by atoms with Gasteiger partial charge in [-0.2, -0.15) is 0 Å². The molecule has 0 N–H and O–H groups in total. The Morgan fingerprint density at radius 1 is 0.625 bits per heavy atom. The van der Waals surface area contributed by atoms with Crippen LogP contribution in [0.1, 0.15) is 7.43 Å². The summed E-state index contributed by atoms with van der Waals surface area (Å²) in [5.74, 6) is 0. The molecule has 0 atom stereocenters. The molecule has 0 aliphatic rings. The summed E-state index contributed by atoms with van der Waals surface area (Å²) in [6.07, 6.45) is 0. The van der Waals surface area contributed by atoms with Crippen molar-refractivity contribution in [2.45, 2.75) is 7.43 Å². The summed E-state index contributed by atoms with van der Waals surface area (Å²) in [7, 11) is 0. The molecule has 8 heavy (non-hydrogen) atoms. The molecular formula is CH12B2CrFe2Si2. The van der Waals surface area contributed by atoms with E-state index in [0.29, 0.717) is 0 Å². The molecule has 0 rings (SSSR count). The van der Waals surface area contributed by atoms with E-state index in [1.807, 2.05) is 0 Å². The van der Waals surface area contributed by atoms with Gasteiger partial charge in [-0.05, 0) is 21.9 Å². The summed E-state index contributed by atoms with van der Waals surface area (Å²) < 4.78 is 0. The normalized spacial score (nSPS) is 0. The van der Waals surface area contributed by atoms with Crippen LogP contribution in [-0.2, 0) is 51.5 Å². The third-order valence-corrected chi connectivity index (χ3v) is 0. The van der Waals surface area contributed by atoms with Gasteiger partial charge in [0.15, 0.2) is 0 Å². The van der Waals surface area contributed by atoms with Crippen molar-refractivity contribution in [1.82, 2.24) is 0 Å². The minimum absolute atomic E-state index is 0. The Morgan fingerprint density at radius 3 is 0.625 bits per heavy atom. The molecule has 0 aromatic rings. The van der Waals surface area contributed by atoms with Crippen LogP contribution >= 0.6 is 0 Å². The molecule has 0 bridgehead atoms. The van der Waals surface area contributed by atoms with Gasteiger partial charge in [-0.25, -0.2) is 0 Å². The second-order valence-electron chi connectivity index (χ2n) is 0. The molecular weight excluding hydrogens is 253 g/mol. The van der Waals surface area contributed by atoms with E-state index in [1.54, 1.807) is 0 Å². The van der Waals surface area contributed by atoms with Gasteiger partial charge in [-0.3, -0.25) is 0 Å². The molecule has 0 amide bonds. The molecule has 0 heterocycles. The van der Waals surface area contributed by atoms with Crippen molar-refractivity contribution in [2.24, 2.45) is 0 Å². The third-order valence-electron chi connectivity index (χ3n) is 0. The standard InChI is InChI=1S/CH4.2B.Cr.2Fe.2H4Si/h1H4;;;;;;2*1H4. The van der Waals surface area contributed by atoms with E-state index >= 15 is 0 Å². The maximum Gasteiger partial charge on any atom is 0 e. The summed E-state index contributed by atoms with van der Waals surface area (Å²) in [4.78, 5) is 0. The van der Waals surface area contributed by atoms with Crippen LogP contribution in [0.5, 0.6) is 0 Å². The van der Waals surface area contributed by atoms with Gasteiger partial charge < -0.3 is 0 Å². The summed E-state index contributed by atoms with van der Waals surface area (Å²) in [5, 5.41) is 0. The van der Waals surface area contributed by atoms with E-state index < -0.39 is 0 Å². The minimum atomic E-state index is 0. The van der Waals surface area contributed by atoms with Crippen LogP contribution in [0, 0.1) is 0 Å². The largest absolute Gasteiger partial charge is 0.0776 e. The van der Waals surface area contributed by atoms with Crippen LogP contribution < -0.4 is 0 Å². The maximum absolute atomic E-state index is 0. The first-order valence-electron chi connectivity index (χ1n) is 0. The van der Waals surface area contributed by atoms with Gasteiger partial charge in [0.2, 0.25) is 0 Å². The average molecular weight is 266 g/mol. The first kappa shape index (κ1) is 186. The second-order valence-corrected chi connectivity index (χ2v) is 0. The predicted octanol–water partition coefficient (Wildman–Crippen LogP) is -3.04. The van der Waals surface area contributed by atoms with Crippen molar-refractivity contribution < 1.29 is 51.5 Å². The summed E-state index contributed by atoms with van der Waals surface area (Å²) in [5.41, 5.74) is 0. The van der Waals surface area contributed by atoms with E-state index in [2.05, 4.69) is 0 Å². The Hall–Kier alpha value is 2.14. The smallest absolute Gasteiger partial charge is 0 e. The fourth-order valence-electron chi connectivity index (χ4n) is 0. The molecule has 0 aromatic heterocycles. The van der Waals surface area contributed by atoms with E-state index in [0.717, 1.165) is 0 Å².